The first kappa shape index (κ1) is 17.2. The number of benzene rings is 1. The van der Waals surface area contributed by atoms with Gasteiger partial charge in [0.05, 0.1) is 5.56 Å². The number of pyridine rings is 1. The van der Waals surface area contributed by atoms with E-state index in [0.29, 0.717) is 17.9 Å². The van der Waals surface area contributed by atoms with Crippen molar-refractivity contribution in [1.82, 2.24) is 20.1 Å². The minimum Gasteiger partial charge on any atom is -0.306 e. The highest BCUT2D eigenvalue weighted by molar-refractivity contribution is 5.29. The van der Waals surface area contributed by atoms with Crippen molar-refractivity contribution >= 4 is 0 Å². The fourth-order valence-electron chi connectivity index (χ4n) is 2.47. The average molecular weight is 346 g/mol. The summed E-state index contributed by atoms with van der Waals surface area (Å²) in [7, 11) is 0. The van der Waals surface area contributed by atoms with Crippen LogP contribution in [0, 0.1) is 0 Å². The first-order valence-electron chi connectivity index (χ1n) is 7.79. The summed E-state index contributed by atoms with van der Waals surface area (Å²) in [5.41, 5.74) is 0.930. The zero-order valence-electron chi connectivity index (χ0n) is 13.5. The molecule has 1 aromatic carbocycles. The van der Waals surface area contributed by atoms with E-state index in [0.717, 1.165) is 11.6 Å². The van der Waals surface area contributed by atoms with Crippen LogP contribution in [0.2, 0.25) is 0 Å². The van der Waals surface area contributed by atoms with Gasteiger partial charge in [-0.05, 0) is 48.4 Å². The summed E-state index contributed by atoms with van der Waals surface area (Å²) in [6.07, 6.45) is 0.815. The van der Waals surface area contributed by atoms with Gasteiger partial charge in [-0.15, -0.1) is 0 Å². The molecule has 2 heterocycles. The monoisotopic (exact) mass is 346 g/mol. The summed E-state index contributed by atoms with van der Waals surface area (Å²) >= 11 is 0. The van der Waals surface area contributed by atoms with Crippen molar-refractivity contribution in [2.24, 2.45) is 0 Å². The Morgan fingerprint density at radius 1 is 1.12 bits per heavy atom. The van der Waals surface area contributed by atoms with Gasteiger partial charge in [0.1, 0.15) is 0 Å². The van der Waals surface area contributed by atoms with E-state index in [2.05, 4.69) is 15.4 Å². The highest BCUT2D eigenvalue weighted by atomic mass is 19.4. The molecule has 4 nitrogen and oxygen atoms in total. The number of hydrogen-bond acceptors (Lipinski definition) is 3. The number of rotatable bonds is 5. The Morgan fingerprint density at radius 2 is 1.96 bits per heavy atom. The van der Waals surface area contributed by atoms with E-state index in [1.165, 1.54) is 12.1 Å². The van der Waals surface area contributed by atoms with Gasteiger partial charge < -0.3 is 5.32 Å². The highest BCUT2D eigenvalue weighted by Crippen LogP contribution is 2.30. The van der Waals surface area contributed by atoms with Crippen molar-refractivity contribution in [3.63, 3.8) is 0 Å². The fraction of sp³-hybridized carbons (Fsp3) is 0.222. The van der Waals surface area contributed by atoms with Gasteiger partial charge in [0.25, 0.3) is 0 Å². The van der Waals surface area contributed by atoms with E-state index in [1.54, 1.807) is 29.3 Å². The molecule has 0 saturated heterocycles. The maximum atomic E-state index is 12.8. The molecular weight excluding hydrogens is 329 g/mol. The van der Waals surface area contributed by atoms with Crippen LogP contribution in [0.25, 0.3) is 5.82 Å². The summed E-state index contributed by atoms with van der Waals surface area (Å²) in [6.45, 7) is 2.35. The minimum absolute atomic E-state index is 0.219. The Labute approximate surface area is 143 Å². The Kier molecular flexibility index (Phi) is 4.85. The van der Waals surface area contributed by atoms with Gasteiger partial charge in [-0.1, -0.05) is 12.1 Å². The molecule has 7 heteroatoms. The zero-order valence-corrected chi connectivity index (χ0v) is 13.5. The van der Waals surface area contributed by atoms with Gasteiger partial charge in [0.15, 0.2) is 5.82 Å². The molecule has 0 bridgehead atoms. The van der Waals surface area contributed by atoms with Gasteiger partial charge in [0, 0.05) is 31.2 Å². The van der Waals surface area contributed by atoms with Crippen molar-refractivity contribution in [2.45, 2.75) is 25.7 Å². The lowest BCUT2D eigenvalue weighted by Gasteiger charge is -2.16. The number of halogens is 3. The second-order valence-electron chi connectivity index (χ2n) is 5.70. The Morgan fingerprint density at radius 3 is 2.68 bits per heavy atom. The quantitative estimate of drug-likeness (QED) is 0.755. The molecule has 0 amide bonds. The summed E-state index contributed by atoms with van der Waals surface area (Å²) in [5, 5.41) is 7.37. The molecule has 0 aliphatic carbocycles. The molecule has 3 rings (SSSR count). The van der Waals surface area contributed by atoms with Crippen molar-refractivity contribution in [2.75, 3.05) is 0 Å². The van der Waals surface area contributed by atoms with Crippen LogP contribution < -0.4 is 5.32 Å². The lowest BCUT2D eigenvalue weighted by Crippen LogP contribution is -2.19. The SMILES string of the molecule is C[C@@H](NCc1ccnc(-n2cccn2)c1)c1cccc(C(F)(F)F)c1. The number of nitrogens with zero attached hydrogens (tertiary/aromatic N) is 3. The maximum Gasteiger partial charge on any atom is 0.416 e. The minimum atomic E-state index is -4.33. The van der Waals surface area contributed by atoms with Crippen LogP contribution >= 0.6 is 0 Å². The van der Waals surface area contributed by atoms with Crippen LogP contribution in [0.1, 0.15) is 29.7 Å². The van der Waals surface area contributed by atoms with Crippen LogP contribution in [-0.2, 0) is 12.7 Å². The van der Waals surface area contributed by atoms with Gasteiger partial charge >= 0.3 is 6.18 Å². The van der Waals surface area contributed by atoms with Crippen molar-refractivity contribution in [1.29, 1.82) is 0 Å². The normalized spacial score (nSPS) is 13.0. The molecule has 0 radical (unpaired) electrons. The largest absolute Gasteiger partial charge is 0.416 e. The molecule has 0 aliphatic heterocycles. The molecule has 1 N–H and O–H groups in total. The van der Waals surface area contributed by atoms with Gasteiger partial charge in [-0.3, -0.25) is 0 Å². The molecule has 0 fully saturated rings. The first-order valence-corrected chi connectivity index (χ1v) is 7.79. The summed E-state index contributed by atoms with van der Waals surface area (Å²) in [5.74, 6) is 0.691. The summed E-state index contributed by atoms with van der Waals surface area (Å²) in [4.78, 5) is 4.25. The fourth-order valence-corrected chi connectivity index (χ4v) is 2.47. The standard InChI is InChI=1S/C18H17F3N4/c1-13(15-4-2-5-16(11-15)18(19,20)21)23-12-14-6-8-22-17(10-14)25-9-3-7-24-25/h2-11,13,23H,12H2,1H3/t13-/m1/s1. The van der Waals surface area contributed by atoms with Crippen LogP contribution in [0.15, 0.2) is 61.1 Å². The van der Waals surface area contributed by atoms with E-state index in [-0.39, 0.29) is 6.04 Å². The molecule has 130 valence electrons. The first-order chi connectivity index (χ1) is 11.9. The number of nitrogens with one attached hydrogen (secondary N) is 1. The second kappa shape index (κ2) is 7.06. The smallest absolute Gasteiger partial charge is 0.306 e. The molecule has 2 aromatic heterocycles. The van der Waals surface area contributed by atoms with Crippen molar-refractivity contribution in [3.8, 4) is 5.82 Å². The van der Waals surface area contributed by atoms with Crippen LogP contribution in [0.5, 0.6) is 0 Å². The summed E-state index contributed by atoms with van der Waals surface area (Å²) in [6, 6.07) is 10.7. The van der Waals surface area contributed by atoms with E-state index in [9.17, 15) is 13.2 Å². The highest BCUT2D eigenvalue weighted by Gasteiger charge is 2.30. The summed E-state index contributed by atoms with van der Waals surface area (Å²) < 4.78 is 40.1. The predicted octanol–water partition coefficient (Wildman–Crippen LogP) is 4.14. The molecule has 1 atom stereocenters. The van der Waals surface area contributed by atoms with E-state index in [1.807, 2.05) is 25.1 Å². The molecule has 0 aliphatic rings. The number of alkyl halides is 3. The van der Waals surface area contributed by atoms with Gasteiger partial charge in [-0.25, -0.2) is 9.67 Å². The lowest BCUT2D eigenvalue weighted by molar-refractivity contribution is -0.137. The molecule has 25 heavy (non-hydrogen) atoms. The molecule has 0 unspecified atom stereocenters. The van der Waals surface area contributed by atoms with Gasteiger partial charge in [-0.2, -0.15) is 18.3 Å². The van der Waals surface area contributed by atoms with Gasteiger partial charge in [0.2, 0.25) is 0 Å². The van der Waals surface area contributed by atoms with Crippen molar-refractivity contribution in [3.05, 3.63) is 77.7 Å². The maximum absolute atomic E-state index is 12.8. The van der Waals surface area contributed by atoms with Crippen LogP contribution in [-0.4, -0.2) is 14.8 Å². The third kappa shape index (κ3) is 4.24. The molecular formula is C18H17F3N4. The Bertz CT molecular complexity index is 828. The Balaban J connectivity index is 1.69. The lowest BCUT2D eigenvalue weighted by atomic mass is 10.0. The third-order valence-corrected chi connectivity index (χ3v) is 3.88. The second-order valence-corrected chi connectivity index (χ2v) is 5.70. The van der Waals surface area contributed by atoms with Crippen LogP contribution in [0.3, 0.4) is 0 Å². The topological polar surface area (TPSA) is 42.7 Å². The van der Waals surface area contributed by atoms with E-state index >= 15 is 0 Å². The number of hydrogen-bond donors (Lipinski definition) is 1. The van der Waals surface area contributed by atoms with E-state index < -0.39 is 11.7 Å². The predicted molar refractivity (Wildman–Crippen MR) is 88.1 cm³/mol. The number of aromatic nitrogens is 3. The zero-order chi connectivity index (χ0) is 17.9. The van der Waals surface area contributed by atoms with Crippen molar-refractivity contribution < 1.29 is 13.2 Å². The molecule has 0 saturated carbocycles. The molecule has 0 spiro atoms. The third-order valence-electron chi connectivity index (χ3n) is 3.88. The average Bonchev–Trinajstić information content (AvgIpc) is 3.14. The Hall–Kier alpha value is -2.67. The molecule has 3 aromatic rings. The van der Waals surface area contributed by atoms with Crippen LogP contribution in [0.4, 0.5) is 13.2 Å². The van der Waals surface area contributed by atoms with E-state index in [4.69, 9.17) is 0 Å².